The van der Waals surface area contributed by atoms with Gasteiger partial charge in [-0.1, -0.05) is 0 Å². The molecule has 0 bridgehead atoms. The van der Waals surface area contributed by atoms with Crippen molar-refractivity contribution in [2.24, 2.45) is 0 Å². The van der Waals surface area contributed by atoms with Gasteiger partial charge < -0.3 is 24.6 Å². The summed E-state index contributed by atoms with van der Waals surface area (Å²) >= 11 is 0. The first-order valence-electron chi connectivity index (χ1n) is 10.3. The summed E-state index contributed by atoms with van der Waals surface area (Å²) in [5.41, 5.74) is 2.78. The van der Waals surface area contributed by atoms with Crippen LogP contribution in [0.25, 0.3) is 0 Å². The van der Waals surface area contributed by atoms with Crippen LogP contribution in [0.1, 0.15) is 30.5 Å². The number of anilines is 1. The van der Waals surface area contributed by atoms with E-state index >= 15 is 0 Å². The molecule has 0 spiro atoms. The van der Waals surface area contributed by atoms with Crippen LogP contribution in [-0.2, 0) is 11.2 Å². The normalized spacial score (nSPS) is 20.5. The Balaban J connectivity index is 1.45. The van der Waals surface area contributed by atoms with Crippen LogP contribution < -0.4 is 19.7 Å². The van der Waals surface area contributed by atoms with E-state index in [0.29, 0.717) is 36.7 Å². The van der Waals surface area contributed by atoms with Crippen molar-refractivity contribution < 1.29 is 23.5 Å². The Morgan fingerprint density at radius 1 is 1.13 bits per heavy atom. The fourth-order valence-electron chi connectivity index (χ4n) is 4.35. The van der Waals surface area contributed by atoms with Crippen molar-refractivity contribution in [2.45, 2.75) is 31.8 Å². The number of rotatable bonds is 4. The molecule has 31 heavy (non-hydrogen) atoms. The highest BCUT2D eigenvalue weighted by Gasteiger charge is 2.35. The van der Waals surface area contributed by atoms with Crippen LogP contribution in [-0.4, -0.2) is 50.2 Å². The summed E-state index contributed by atoms with van der Waals surface area (Å²) in [6, 6.07) is 9.04. The second-order valence-electron chi connectivity index (χ2n) is 7.86. The third-order valence-electron chi connectivity index (χ3n) is 6.04. The quantitative estimate of drug-likeness (QED) is 0.813. The molecule has 1 saturated heterocycles. The zero-order valence-electron chi connectivity index (χ0n) is 17.9. The Kier molecular flexibility index (Phi) is 5.71. The van der Waals surface area contributed by atoms with Gasteiger partial charge >= 0.3 is 6.03 Å². The maximum Gasteiger partial charge on any atom is 0.318 e. The number of methoxy groups -OCH3 is 2. The molecule has 3 amide bonds. The lowest BCUT2D eigenvalue weighted by Crippen LogP contribution is -2.48. The molecule has 0 radical (unpaired) electrons. The molecule has 7 nitrogen and oxygen atoms in total. The highest BCUT2D eigenvalue weighted by atomic mass is 19.1. The number of hydrogen-bond donors (Lipinski definition) is 1. The van der Waals surface area contributed by atoms with Crippen molar-refractivity contribution in [1.82, 2.24) is 10.2 Å². The van der Waals surface area contributed by atoms with E-state index in [0.717, 1.165) is 11.1 Å². The van der Waals surface area contributed by atoms with Gasteiger partial charge in [-0.25, -0.2) is 9.18 Å². The van der Waals surface area contributed by atoms with Gasteiger partial charge in [0.25, 0.3) is 0 Å². The van der Waals surface area contributed by atoms with E-state index in [1.54, 1.807) is 36.2 Å². The fraction of sp³-hybridized carbons (Fsp3) is 0.391. The van der Waals surface area contributed by atoms with Crippen LogP contribution in [0, 0.1) is 5.82 Å². The number of carbonyl (C=O) groups is 2. The smallest absolute Gasteiger partial charge is 0.318 e. The largest absolute Gasteiger partial charge is 0.493 e. The van der Waals surface area contributed by atoms with E-state index < -0.39 is 0 Å². The van der Waals surface area contributed by atoms with Gasteiger partial charge in [0.2, 0.25) is 5.91 Å². The number of ether oxygens (including phenoxy) is 2. The lowest BCUT2D eigenvalue weighted by Gasteiger charge is -2.36. The molecule has 2 aliphatic rings. The first-order valence-corrected chi connectivity index (χ1v) is 10.3. The monoisotopic (exact) mass is 427 g/mol. The number of fused-ring (bicyclic) bond motifs is 1. The SMILES string of the molecule is COc1cc2c(cc1OC)[C@H](C)N(C(=O)N[C@@H]1CC(=O)N(c3ccc(F)cc3)C1)CC2. The molecule has 1 N–H and O–H groups in total. The molecule has 2 aromatic carbocycles. The zero-order chi connectivity index (χ0) is 22.1. The number of benzene rings is 2. The number of urea groups is 1. The molecule has 164 valence electrons. The average molecular weight is 427 g/mol. The highest BCUT2D eigenvalue weighted by molar-refractivity contribution is 5.96. The Bertz CT molecular complexity index is 995. The molecule has 2 heterocycles. The summed E-state index contributed by atoms with van der Waals surface area (Å²) in [4.78, 5) is 28.8. The minimum Gasteiger partial charge on any atom is -0.493 e. The van der Waals surface area contributed by atoms with E-state index in [9.17, 15) is 14.0 Å². The molecule has 0 unspecified atom stereocenters. The predicted molar refractivity (Wildman–Crippen MR) is 114 cm³/mol. The van der Waals surface area contributed by atoms with E-state index in [1.807, 2.05) is 19.1 Å². The topological polar surface area (TPSA) is 71.1 Å². The molecular formula is C23H26FN3O4. The zero-order valence-corrected chi connectivity index (χ0v) is 17.9. The predicted octanol–water partition coefficient (Wildman–Crippen LogP) is 3.28. The van der Waals surface area contributed by atoms with E-state index in [4.69, 9.17) is 9.47 Å². The molecule has 2 atom stereocenters. The Hall–Kier alpha value is -3.29. The molecule has 8 heteroatoms. The van der Waals surface area contributed by atoms with Gasteiger partial charge in [-0.05, 0) is 60.9 Å². The van der Waals surface area contributed by atoms with Crippen molar-refractivity contribution >= 4 is 17.6 Å². The summed E-state index contributed by atoms with van der Waals surface area (Å²) in [7, 11) is 3.20. The van der Waals surface area contributed by atoms with Crippen LogP contribution in [0.2, 0.25) is 0 Å². The summed E-state index contributed by atoms with van der Waals surface area (Å²) < 4.78 is 24.0. The van der Waals surface area contributed by atoms with E-state index in [2.05, 4.69) is 5.32 Å². The highest BCUT2D eigenvalue weighted by Crippen LogP contribution is 2.38. The Morgan fingerprint density at radius 3 is 2.48 bits per heavy atom. The fourth-order valence-corrected chi connectivity index (χ4v) is 4.35. The lowest BCUT2D eigenvalue weighted by atomic mass is 9.93. The van der Waals surface area contributed by atoms with Crippen LogP contribution in [0.4, 0.5) is 14.9 Å². The first-order chi connectivity index (χ1) is 14.9. The third kappa shape index (κ3) is 4.02. The number of carbonyl (C=O) groups excluding carboxylic acids is 2. The van der Waals surface area contributed by atoms with Gasteiger partial charge in [-0.15, -0.1) is 0 Å². The summed E-state index contributed by atoms with van der Waals surface area (Å²) in [5, 5.41) is 3.00. The summed E-state index contributed by atoms with van der Waals surface area (Å²) in [6.45, 7) is 2.91. The van der Waals surface area contributed by atoms with Gasteiger partial charge in [-0.3, -0.25) is 4.79 Å². The number of nitrogens with zero attached hydrogens (tertiary/aromatic N) is 2. The lowest BCUT2D eigenvalue weighted by molar-refractivity contribution is -0.117. The average Bonchev–Trinajstić information content (AvgIpc) is 3.13. The summed E-state index contributed by atoms with van der Waals surface area (Å²) in [5.74, 6) is 0.864. The molecule has 4 rings (SSSR count). The van der Waals surface area contributed by atoms with Crippen LogP contribution in [0.3, 0.4) is 0 Å². The second kappa shape index (κ2) is 8.45. The van der Waals surface area contributed by atoms with Crippen molar-refractivity contribution in [1.29, 1.82) is 0 Å². The van der Waals surface area contributed by atoms with Crippen LogP contribution >= 0.6 is 0 Å². The number of nitrogens with one attached hydrogen (secondary N) is 1. The Morgan fingerprint density at radius 2 is 1.81 bits per heavy atom. The second-order valence-corrected chi connectivity index (χ2v) is 7.86. The van der Waals surface area contributed by atoms with Gasteiger partial charge in [0, 0.05) is 25.2 Å². The summed E-state index contributed by atoms with van der Waals surface area (Å²) in [6.07, 6.45) is 0.922. The third-order valence-corrected chi connectivity index (χ3v) is 6.04. The standard InChI is InChI=1S/C23H26FN3O4/c1-14-19-12-21(31-3)20(30-2)10-15(19)8-9-26(14)23(29)25-17-11-22(28)27(13-17)18-6-4-16(24)5-7-18/h4-7,10,12,14,17H,8-9,11,13H2,1-3H3,(H,25,29)/t14-,17+/m0/s1. The van der Waals surface area contributed by atoms with Crippen LogP contribution in [0.5, 0.6) is 11.5 Å². The molecule has 0 aromatic heterocycles. The van der Waals surface area contributed by atoms with E-state index in [-0.39, 0.29) is 36.3 Å². The van der Waals surface area contributed by atoms with Gasteiger partial charge in [0.15, 0.2) is 11.5 Å². The minimum atomic E-state index is -0.353. The van der Waals surface area contributed by atoms with Gasteiger partial charge in [0.1, 0.15) is 5.82 Å². The molecular weight excluding hydrogens is 401 g/mol. The maximum atomic E-state index is 13.2. The van der Waals surface area contributed by atoms with Gasteiger partial charge in [0.05, 0.1) is 26.3 Å². The van der Waals surface area contributed by atoms with Gasteiger partial charge in [-0.2, -0.15) is 0 Å². The van der Waals surface area contributed by atoms with Crippen molar-refractivity contribution in [3.05, 3.63) is 53.3 Å². The molecule has 0 aliphatic carbocycles. The Labute approximate surface area is 180 Å². The number of hydrogen-bond acceptors (Lipinski definition) is 4. The number of amides is 3. The number of halogens is 1. The molecule has 2 aromatic rings. The van der Waals surface area contributed by atoms with Crippen molar-refractivity contribution in [2.75, 3.05) is 32.2 Å². The van der Waals surface area contributed by atoms with E-state index in [1.165, 1.54) is 12.1 Å². The maximum absolute atomic E-state index is 13.2. The van der Waals surface area contributed by atoms with Crippen molar-refractivity contribution in [3.8, 4) is 11.5 Å². The van der Waals surface area contributed by atoms with Crippen LogP contribution in [0.15, 0.2) is 36.4 Å². The minimum absolute atomic E-state index is 0.0919. The van der Waals surface area contributed by atoms with Crippen molar-refractivity contribution in [3.63, 3.8) is 0 Å². The first kappa shape index (κ1) is 21.0. The molecule has 1 fully saturated rings. The molecule has 2 aliphatic heterocycles. The molecule has 0 saturated carbocycles.